The topological polar surface area (TPSA) is 58.9 Å². The minimum Gasteiger partial charge on any atom is -0.505 e. The van der Waals surface area contributed by atoms with Gasteiger partial charge in [-0.15, -0.1) is 0 Å². The molecule has 0 aliphatic rings. The van der Waals surface area contributed by atoms with Gasteiger partial charge in [0.15, 0.2) is 0 Å². The van der Waals surface area contributed by atoms with Gasteiger partial charge in [-0.25, -0.2) is 0 Å². The molecule has 0 aromatic rings. The molecule has 4 nitrogen and oxygen atoms in total. The minimum absolute atomic E-state index is 0.139. The van der Waals surface area contributed by atoms with Gasteiger partial charge < -0.3 is 19.7 Å². The van der Waals surface area contributed by atoms with Crippen molar-refractivity contribution in [2.75, 3.05) is 20.3 Å². The fourth-order valence-corrected chi connectivity index (χ4v) is 0.442. The first-order valence-corrected chi connectivity index (χ1v) is 4.64. The normalized spacial score (nSPS) is 9.80. The Morgan fingerprint density at radius 1 is 1.07 bits per heavy atom. The third-order valence-corrected chi connectivity index (χ3v) is 1.11. The van der Waals surface area contributed by atoms with E-state index in [0.29, 0.717) is 12.8 Å². The standard InChI is InChI=1S/C8H14O3.C3H6O/c9-5-1-3-7-11-8-4-2-6-10;1-3-4-2/h3-4,7-10H,1-2,5-6H2;3H,1H2,2H3. The molecule has 15 heavy (non-hydrogen) atoms. The predicted octanol–water partition coefficient (Wildman–Crippen LogP) is 1.57. The summed E-state index contributed by atoms with van der Waals surface area (Å²) in [5.74, 6) is 0. The quantitative estimate of drug-likeness (QED) is 0.634. The van der Waals surface area contributed by atoms with Gasteiger partial charge in [-0.1, -0.05) is 6.58 Å². The summed E-state index contributed by atoms with van der Waals surface area (Å²) in [7, 11) is 1.56. The molecule has 0 aliphatic carbocycles. The Morgan fingerprint density at radius 3 is 1.73 bits per heavy atom. The Hall–Kier alpha value is -1.26. The van der Waals surface area contributed by atoms with E-state index in [2.05, 4.69) is 11.3 Å². The monoisotopic (exact) mass is 216 g/mol. The maximum Gasteiger partial charge on any atom is 0.0862 e. The van der Waals surface area contributed by atoms with Crippen molar-refractivity contribution in [1.82, 2.24) is 0 Å². The molecule has 0 saturated heterocycles. The van der Waals surface area contributed by atoms with Crippen LogP contribution in [0.2, 0.25) is 0 Å². The number of rotatable bonds is 7. The zero-order valence-corrected chi connectivity index (χ0v) is 9.13. The van der Waals surface area contributed by atoms with Gasteiger partial charge in [0.2, 0.25) is 0 Å². The van der Waals surface area contributed by atoms with E-state index in [1.807, 2.05) is 0 Å². The van der Waals surface area contributed by atoms with E-state index in [0.717, 1.165) is 0 Å². The molecule has 0 bridgehead atoms. The summed E-state index contributed by atoms with van der Waals surface area (Å²) in [5.41, 5.74) is 0. The van der Waals surface area contributed by atoms with E-state index < -0.39 is 0 Å². The van der Waals surface area contributed by atoms with Crippen molar-refractivity contribution in [1.29, 1.82) is 0 Å². The molecular weight excluding hydrogens is 196 g/mol. The molecule has 0 aliphatic heterocycles. The van der Waals surface area contributed by atoms with Gasteiger partial charge in [-0.05, 0) is 25.0 Å². The Balaban J connectivity index is 0. The number of ether oxygens (including phenoxy) is 2. The molecule has 2 N–H and O–H groups in total. The van der Waals surface area contributed by atoms with Gasteiger partial charge in [0.25, 0.3) is 0 Å². The fourth-order valence-electron chi connectivity index (χ4n) is 0.442. The highest BCUT2D eigenvalue weighted by atomic mass is 16.5. The van der Waals surface area contributed by atoms with Crippen LogP contribution in [0.3, 0.4) is 0 Å². The molecule has 0 atom stereocenters. The van der Waals surface area contributed by atoms with E-state index in [4.69, 9.17) is 14.9 Å². The molecule has 88 valence electrons. The van der Waals surface area contributed by atoms with Crippen LogP contribution in [0, 0.1) is 0 Å². The van der Waals surface area contributed by atoms with Crippen LogP contribution in [0.15, 0.2) is 37.5 Å². The van der Waals surface area contributed by atoms with Crippen molar-refractivity contribution in [3.63, 3.8) is 0 Å². The summed E-state index contributed by atoms with van der Waals surface area (Å²) in [5, 5.41) is 16.7. The van der Waals surface area contributed by atoms with E-state index in [9.17, 15) is 0 Å². The second-order valence-corrected chi connectivity index (χ2v) is 2.31. The van der Waals surface area contributed by atoms with Crippen LogP contribution in [0.25, 0.3) is 0 Å². The molecule has 0 aromatic heterocycles. The molecule has 0 unspecified atom stereocenters. The van der Waals surface area contributed by atoms with Crippen LogP contribution in [0.5, 0.6) is 0 Å². The molecule has 4 heteroatoms. The van der Waals surface area contributed by atoms with E-state index in [1.54, 1.807) is 19.3 Å². The maximum atomic E-state index is 8.35. The predicted molar refractivity (Wildman–Crippen MR) is 60.0 cm³/mol. The Bertz CT molecular complexity index is 150. The second-order valence-electron chi connectivity index (χ2n) is 2.31. The highest BCUT2D eigenvalue weighted by Gasteiger charge is 1.74. The molecule has 0 fully saturated rings. The van der Waals surface area contributed by atoms with Gasteiger partial charge in [-0.2, -0.15) is 0 Å². The van der Waals surface area contributed by atoms with Crippen LogP contribution in [0.1, 0.15) is 12.8 Å². The van der Waals surface area contributed by atoms with Crippen LogP contribution < -0.4 is 0 Å². The second kappa shape index (κ2) is 18.5. The number of methoxy groups -OCH3 is 1. The molecule has 0 aromatic carbocycles. The third-order valence-electron chi connectivity index (χ3n) is 1.11. The summed E-state index contributed by atoms with van der Waals surface area (Å²) in [6, 6.07) is 0. The van der Waals surface area contributed by atoms with Crippen molar-refractivity contribution in [3.05, 3.63) is 37.5 Å². The molecule has 0 amide bonds. The molecule has 0 heterocycles. The summed E-state index contributed by atoms with van der Waals surface area (Å²) in [6.45, 7) is 3.54. The van der Waals surface area contributed by atoms with Crippen molar-refractivity contribution in [2.24, 2.45) is 0 Å². The van der Waals surface area contributed by atoms with Crippen molar-refractivity contribution >= 4 is 0 Å². The summed E-state index contributed by atoms with van der Waals surface area (Å²) < 4.78 is 9.16. The zero-order chi connectivity index (χ0) is 11.8. The maximum absolute atomic E-state index is 8.35. The number of hydrogen-bond donors (Lipinski definition) is 2. The first kappa shape index (κ1) is 16.2. The Morgan fingerprint density at radius 2 is 1.47 bits per heavy atom. The molecule has 0 rings (SSSR count). The van der Waals surface area contributed by atoms with Gasteiger partial charge in [0.05, 0.1) is 25.9 Å². The average molecular weight is 216 g/mol. The van der Waals surface area contributed by atoms with Gasteiger partial charge in [0, 0.05) is 13.2 Å². The highest BCUT2D eigenvalue weighted by molar-refractivity contribution is 4.79. The summed E-state index contributed by atoms with van der Waals surface area (Å²) in [6.07, 6.45) is 9.04. The van der Waals surface area contributed by atoms with Crippen LogP contribution in [0.4, 0.5) is 0 Å². The lowest BCUT2D eigenvalue weighted by Crippen LogP contribution is -1.77. The molecular formula is C11H20O4. The van der Waals surface area contributed by atoms with Crippen LogP contribution >= 0.6 is 0 Å². The smallest absolute Gasteiger partial charge is 0.0862 e. The fraction of sp³-hybridized carbons (Fsp3) is 0.455. The first-order chi connectivity index (χ1) is 7.33. The Kier molecular flexibility index (Phi) is 20.0. The number of aliphatic hydroxyl groups is 2. The van der Waals surface area contributed by atoms with Gasteiger partial charge in [0.1, 0.15) is 0 Å². The molecule has 0 saturated carbocycles. The van der Waals surface area contributed by atoms with Crippen molar-refractivity contribution in [2.45, 2.75) is 12.8 Å². The van der Waals surface area contributed by atoms with E-state index in [1.165, 1.54) is 18.8 Å². The third kappa shape index (κ3) is 24.5. The SMILES string of the molecule is C=COC.OCCC=COC=CCCO. The van der Waals surface area contributed by atoms with Gasteiger partial charge in [-0.3, -0.25) is 0 Å². The van der Waals surface area contributed by atoms with E-state index >= 15 is 0 Å². The Labute approximate surface area is 91.1 Å². The zero-order valence-electron chi connectivity index (χ0n) is 9.13. The average Bonchev–Trinajstić information content (AvgIpc) is 2.28. The first-order valence-electron chi connectivity index (χ1n) is 4.64. The largest absolute Gasteiger partial charge is 0.505 e. The van der Waals surface area contributed by atoms with Crippen LogP contribution in [-0.2, 0) is 9.47 Å². The van der Waals surface area contributed by atoms with Crippen molar-refractivity contribution < 1.29 is 19.7 Å². The van der Waals surface area contributed by atoms with Gasteiger partial charge >= 0.3 is 0 Å². The van der Waals surface area contributed by atoms with E-state index in [-0.39, 0.29) is 13.2 Å². The van der Waals surface area contributed by atoms with Crippen molar-refractivity contribution in [3.8, 4) is 0 Å². The lowest BCUT2D eigenvalue weighted by molar-refractivity contribution is 0.298. The van der Waals surface area contributed by atoms with Crippen LogP contribution in [-0.4, -0.2) is 30.5 Å². The lowest BCUT2D eigenvalue weighted by Gasteiger charge is -1.88. The number of hydrogen-bond acceptors (Lipinski definition) is 4. The highest BCUT2D eigenvalue weighted by Crippen LogP contribution is 1.86. The number of aliphatic hydroxyl groups excluding tert-OH is 2. The summed E-state index contributed by atoms with van der Waals surface area (Å²) in [4.78, 5) is 0. The minimum atomic E-state index is 0.139. The summed E-state index contributed by atoms with van der Waals surface area (Å²) >= 11 is 0. The lowest BCUT2D eigenvalue weighted by atomic mass is 10.4. The molecule has 0 radical (unpaired) electrons. The molecule has 0 spiro atoms.